The van der Waals surface area contributed by atoms with Crippen molar-refractivity contribution < 1.29 is 19.1 Å². The maximum atomic E-state index is 12.6. The summed E-state index contributed by atoms with van der Waals surface area (Å²) in [5, 5.41) is 2.89. The maximum absolute atomic E-state index is 12.6. The molecule has 1 aromatic rings. The van der Waals surface area contributed by atoms with E-state index < -0.39 is 12.1 Å². The predicted octanol–water partition coefficient (Wildman–Crippen LogP) is 5.94. The Balaban J connectivity index is 2.26. The van der Waals surface area contributed by atoms with Crippen molar-refractivity contribution in [1.29, 1.82) is 0 Å². The number of hydrogen-bond donors (Lipinski definition) is 1. The number of allylic oxidation sites excluding steroid dienone is 7. The Kier molecular flexibility index (Phi) is 12.6. The molecule has 0 saturated carbocycles. The lowest BCUT2D eigenvalue weighted by molar-refractivity contribution is -0.148. The van der Waals surface area contributed by atoms with Crippen molar-refractivity contribution in [3.63, 3.8) is 0 Å². The van der Waals surface area contributed by atoms with Crippen LogP contribution in [0.2, 0.25) is 0 Å². The largest absolute Gasteiger partial charge is 0.462 e. The zero-order valence-electron chi connectivity index (χ0n) is 22.2. The summed E-state index contributed by atoms with van der Waals surface area (Å²) in [5.41, 5.74) is 10.3. The van der Waals surface area contributed by atoms with Crippen molar-refractivity contribution in [3.8, 4) is 0 Å². The molecular formula is C29H40N2O4S. The number of rotatable bonds is 4. The number of esters is 2. The molecule has 0 aromatic carbocycles. The highest BCUT2D eigenvalue weighted by Gasteiger charge is 2.17. The number of fused-ring (bicyclic) bond motifs is 2. The quantitative estimate of drug-likeness (QED) is 0.396. The van der Waals surface area contributed by atoms with E-state index in [2.05, 4.69) is 26.0 Å². The molecular weight excluding hydrogens is 472 g/mol. The minimum atomic E-state index is -0.443. The maximum Gasteiger partial charge on any atom is 0.331 e. The molecule has 0 unspecified atom stereocenters. The molecule has 196 valence electrons. The second kappa shape index (κ2) is 15.4. The van der Waals surface area contributed by atoms with Gasteiger partial charge in [0.1, 0.15) is 12.2 Å². The molecule has 2 N–H and O–H groups in total. The van der Waals surface area contributed by atoms with Crippen molar-refractivity contribution >= 4 is 23.3 Å². The summed E-state index contributed by atoms with van der Waals surface area (Å²) >= 11 is 1.54. The van der Waals surface area contributed by atoms with Gasteiger partial charge in [-0.1, -0.05) is 54.0 Å². The molecule has 1 aliphatic heterocycles. The fourth-order valence-electron chi connectivity index (χ4n) is 3.83. The van der Waals surface area contributed by atoms with Gasteiger partial charge in [0, 0.05) is 30.3 Å². The predicted molar refractivity (Wildman–Crippen MR) is 147 cm³/mol. The van der Waals surface area contributed by atoms with Gasteiger partial charge in [-0.25, -0.2) is 9.78 Å². The van der Waals surface area contributed by atoms with Gasteiger partial charge in [-0.3, -0.25) is 4.79 Å². The molecule has 0 spiro atoms. The first-order valence-corrected chi connectivity index (χ1v) is 13.5. The number of thiazole rings is 1. The van der Waals surface area contributed by atoms with Crippen LogP contribution in [0.4, 0.5) is 0 Å². The molecule has 36 heavy (non-hydrogen) atoms. The highest BCUT2D eigenvalue weighted by molar-refractivity contribution is 7.09. The van der Waals surface area contributed by atoms with E-state index in [9.17, 15) is 9.59 Å². The Labute approximate surface area is 219 Å². The first kappa shape index (κ1) is 29.5. The van der Waals surface area contributed by atoms with Gasteiger partial charge in [-0.15, -0.1) is 11.3 Å². The fourth-order valence-corrected chi connectivity index (χ4v) is 4.70. The normalized spacial score (nSPS) is 26.3. The smallest absolute Gasteiger partial charge is 0.331 e. The number of aryl methyl sites for hydroxylation is 1. The van der Waals surface area contributed by atoms with Crippen LogP contribution in [0.5, 0.6) is 0 Å². The molecule has 3 atom stereocenters. The van der Waals surface area contributed by atoms with Crippen LogP contribution in [0, 0.1) is 0 Å². The monoisotopic (exact) mass is 512 g/mol. The Morgan fingerprint density at radius 3 is 2.67 bits per heavy atom. The van der Waals surface area contributed by atoms with Crippen LogP contribution < -0.4 is 5.73 Å². The van der Waals surface area contributed by atoms with Gasteiger partial charge in [0.25, 0.3) is 0 Å². The topological polar surface area (TPSA) is 91.5 Å². The lowest BCUT2D eigenvalue weighted by Gasteiger charge is -2.15. The summed E-state index contributed by atoms with van der Waals surface area (Å²) in [7, 11) is 0. The van der Waals surface area contributed by atoms with Crippen molar-refractivity contribution in [3.05, 3.63) is 75.3 Å². The highest BCUT2D eigenvalue weighted by Crippen LogP contribution is 2.18. The van der Waals surface area contributed by atoms with Crippen LogP contribution >= 0.6 is 11.3 Å². The number of hydrogen-bond acceptors (Lipinski definition) is 7. The van der Waals surface area contributed by atoms with Crippen molar-refractivity contribution in [1.82, 2.24) is 4.98 Å². The van der Waals surface area contributed by atoms with Gasteiger partial charge in [-0.2, -0.15) is 0 Å². The van der Waals surface area contributed by atoms with Gasteiger partial charge >= 0.3 is 11.9 Å². The molecule has 0 saturated heterocycles. The summed E-state index contributed by atoms with van der Waals surface area (Å²) in [6.07, 6.45) is 16.0. The molecule has 0 fully saturated rings. The summed E-state index contributed by atoms with van der Waals surface area (Å²) in [5.74, 6) is -0.711. The summed E-state index contributed by atoms with van der Waals surface area (Å²) < 4.78 is 11.3. The molecule has 7 heteroatoms. The van der Waals surface area contributed by atoms with Crippen molar-refractivity contribution in [2.24, 2.45) is 5.73 Å². The summed E-state index contributed by atoms with van der Waals surface area (Å²) in [6.45, 7) is 9.96. The fraction of sp³-hybridized carbons (Fsp3) is 0.483. The van der Waals surface area contributed by atoms with Crippen LogP contribution in [-0.2, 0) is 31.9 Å². The van der Waals surface area contributed by atoms with Gasteiger partial charge in [0.2, 0.25) is 0 Å². The molecule has 2 bridgehead atoms. The molecule has 2 heterocycles. The third-order valence-corrected chi connectivity index (χ3v) is 6.50. The van der Waals surface area contributed by atoms with E-state index in [0.29, 0.717) is 25.7 Å². The van der Waals surface area contributed by atoms with Gasteiger partial charge in [-0.05, 0) is 53.0 Å². The summed E-state index contributed by atoms with van der Waals surface area (Å²) in [4.78, 5) is 29.5. The zero-order chi connectivity index (χ0) is 26.5. The third kappa shape index (κ3) is 11.8. The number of nitrogens with zero attached hydrogens (tertiary/aromatic N) is 1. The second-order valence-corrected chi connectivity index (χ2v) is 10.3. The number of aromatic nitrogens is 1. The number of cyclic esters (lactones) is 2. The molecule has 2 rings (SSSR count). The van der Waals surface area contributed by atoms with Gasteiger partial charge < -0.3 is 15.2 Å². The van der Waals surface area contributed by atoms with Crippen molar-refractivity contribution in [2.45, 2.75) is 91.4 Å². The van der Waals surface area contributed by atoms with Crippen LogP contribution in [0.25, 0.3) is 0 Å². The standard InChI is InChI=1S/C29H40N2O4S/c1-6-8-20(2)11-12-22(4)16-26-18-27-31-25(19-36-27)14-13-24(30)17-29(33)34-23(5)15-21(3)9-7-10-28(32)35-26/h7-12,16,19,23-24,26H,6,13-15,17-18,30H2,1-5H3/b10-7-,12-11+,20-8+,21-9+,22-16+/t23-,24+,26+/m0/s1. The second-order valence-electron chi connectivity index (χ2n) is 9.39. The van der Waals surface area contributed by atoms with Crippen LogP contribution in [0.3, 0.4) is 0 Å². The molecule has 0 radical (unpaired) electrons. The molecule has 0 amide bonds. The minimum absolute atomic E-state index is 0.179. The van der Waals surface area contributed by atoms with E-state index in [1.54, 1.807) is 6.08 Å². The Bertz CT molecular complexity index is 1030. The van der Waals surface area contributed by atoms with Crippen LogP contribution in [0.1, 0.15) is 71.0 Å². The first-order chi connectivity index (χ1) is 17.1. The number of carbonyl (C=O) groups is 2. The Morgan fingerprint density at radius 2 is 1.92 bits per heavy atom. The first-order valence-electron chi connectivity index (χ1n) is 12.6. The number of carbonyl (C=O) groups excluding carboxylic acids is 2. The third-order valence-electron chi connectivity index (χ3n) is 5.58. The van der Waals surface area contributed by atoms with E-state index in [0.717, 1.165) is 28.3 Å². The van der Waals surface area contributed by atoms with Crippen LogP contribution in [0.15, 0.2) is 64.6 Å². The number of nitrogens with two attached hydrogens (primary N) is 1. The minimum Gasteiger partial charge on any atom is -0.462 e. The van der Waals surface area contributed by atoms with Gasteiger partial charge in [0.05, 0.1) is 17.1 Å². The van der Waals surface area contributed by atoms with E-state index in [-0.39, 0.29) is 24.5 Å². The molecule has 1 aromatic heterocycles. The lowest BCUT2D eigenvalue weighted by atomic mass is 10.1. The van der Waals surface area contributed by atoms with E-state index in [4.69, 9.17) is 20.2 Å². The van der Waals surface area contributed by atoms with E-state index in [1.807, 2.05) is 44.4 Å². The molecule has 6 nitrogen and oxygen atoms in total. The van der Waals surface area contributed by atoms with Crippen molar-refractivity contribution in [2.75, 3.05) is 0 Å². The van der Waals surface area contributed by atoms with Crippen LogP contribution in [-0.4, -0.2) is 35.2 Å². The van der Waals surface area contributed by atoms with E-state index >= 15 is 0 Å². The Hall–Kier alpha value is -2.77. The summed E-state index contributed by atoms with van der Waals surface area (Å²) in [6, 6.07) is -0.284. The Morgan fingerprint density at radius 1 is 1.17 bits per heavy atom. The lowest BCUT2D eigenvalue weighted by Crippen LogP contribution is -2.27. The molecule has 0 aliphatic carbocycles. The SMILES string of the molecule is CC/C=C(C)/C=C/C(C)=C/[C@@H]1Cc2nc(cs2)CC[C@@H](N)CC(=O)O[C@@H](C)C/C(C)=C/C=C\C(=O)O1. The highest BCUT2D eigenvalue weighted by atomic mass is 32.1. The van der Waals surface area contributed by atoms with E-state index in [1.165, 1.54) is 23.0 Å². The zero-order valence-corrected chi connectivity index (χ0v) is 23.0. The average molecular weight is 513 g/mol. The van der Waals surface area contributed by atoms with Gasteiger partial charge in [0.15, 0.2) is 0 Å². The average Bonchev–Trinajstić information content (AvgIpc) is 3.22. The molecule has 1 aliphatic rings. The number of ether oxygens (including phenoxy) is 2.